The van der Waals surface area contributed by atoms with Crippen LogP contribution in [0.4, 0.5) is 11.4 Å². The van der Waals surface area contributed by atoms with Gasteiger partial charge in [-0.15, -0.1) is 21.5 Å². The molecule has 2 fully saturated rings. The molecule has 162 valence electrons. The van der Waals surface area contributed by atoms with E-state index in [1.54, 1.807) is 11.3 Å². The molecule has 0 radical (unpaired) electrons. The number of amides is 1. The Hall–Kier alpha value is -2.32. The van der Waals surface area contributed by atoms with Crippen molar-refractivity contribution in [3.63, 3.8) is 0 Å². The third kappa shape index (κ3) is 4.65. The lowest BCUT2D eigenvalue weighted by atomic mass is 10.1. The van der Waals surface area contributed by atoms with Gasteiger partial charge in [-0.1, -0.05) is 17.8 Å². The van der Waals surface area contributed by atoms with Crippen LogP contribution in [0.15, 0.2) is 46.9 Å². The number of carbonyl (C=O) groups excluding carboxylic acids is 1. The SMILES string of the molecule is C[C@@H](Sc1nnc(-c2cccs2)n1C1CC1)C(=O)Nc1ccc(N2CCCCC2)cc1. The second-order valence-electron chi connectivity index (χ2n) is 8.23. The minimum absolute atomic E-state index is 0.0151. The number of thioether (sulfide) groups is 1. The summed E-state index contributed by atoms with van der Waals surface area (Å²) in [5.74, 6) is 0.902. The zero-order valence-corrected chi connectivity index (χ0v) is 19.3. The lowest BCUT2D eigenvalue weighted by molar-refractivity contribution is -0.115. The van der Waals surface area contributed by atoms with Crippen LogP contribution in [0.1, 0.15) is 45.1 Å². The zero-order valence-electron chi connectivity index (χ0n) is 17.7. The molecule has 1 aromatic carbocycles. The molecule has 1 aliphatic heterocycles. The van der Waals surface area contributed by atoms with E-state index in [0.717, 1.165) is 47.5 Å². The summed E-state index contributed by atoms with van der Waals surface area (Å²) >= 11 is 3.16. The van der Waals surface area contributed by atoms with Crippen molar-refractivity contribution in [1.82, 2.24) is 14.8 Å². The molecule has 31 heavy (non-hydrogen) atoms. The van der Waals surface area contributed by atoms with Crippen molar-refractivity contribution in [2.45, 2.75) is 55.5 Å². The third-order valence-electron chi connectivity index (χ3n) is 5.83. The van der Waals surface area contributed by atoms with Gasteiger partial charge in [0.1, 0.15) is 0 Å². The smallest absolute Gasteiger partial charge is 0.237 e. The standard InChI is InChI=1S/C23H27N5OS2/c1-16(22(29)24-17-7-9-18(10-8-17)27-13-3-2-4-14-27)31-23-26-25-21(20-6-5-15-30-20)28(23)19-11-12-19/h5-10,15-16,19H,2-4,11-14H2,1H3,(H,24,29)/t16-/m1/s1. The number of piperidine rings is 1. The first-order valence-corrected chi connectivity index (χ1v) is 12.8. The minimum Gasteiger partial charge on any atom is -0.372 e. The van der Waals surface area contributed by atoms with Gasteiger partial charge >= 0.3 is 0 Å². The molecule has 0 spiro atoms. The number of rotatable bonds is 7. The Morgan fingerprint density at radius 1 is 1.13 bits per heavy atom. The molecule has 1 N–H and O–H groups in total. The molecule has 2 aromatic heterocycles. The lowest BCUT2D eigenvalue weighted by Crippen LogP contribution is -2.29. The van der Waals surface area contributed by atoms with Gasteiger partial charge in [0.25, 0.3) is 0 Å². The van der Waals surface area contributed by atoms with Gasteiger partial charge in [-0.25, -0.2) is 0 Å². The van der Waals surface area contributed by atoms with E-state index >= 15 is 0 Å². The van der Waals surface area contributed by atoms with E-state index in [4.69, 9.17) is 0 Å². The Morgan fingerprint density at radius 3 is 2.58 bits per heavy atom. The summed E-state index contributed by atoms with van der Waals surface area (Å²) in [5.41, 5.74) is 2.07. The molecule has 5 rings (SSSR count). The topological polar surface area (TPSA) is 63.1 Å². The Bertz CT molecular complexity index is 1020. The van der Waals surface area contributed by atoms with Gasteiger partial charge in [-0.2, -0.15) is 0 Å². The summed E-state index contributed by atoms with van der Waals surface area (Å²) in [5, 5.41) is 14.5. The van der Waals surface area contributed by atoms with Crippen molar-refractivity contribution >= 4 is 40.4 Å². The Morgan fingerprint density at radius 2 is 1.90 bits per heavy atom. The second-order valence-corrected chi connectivity index (χ2v) is 10.5. The molecule has 1 saturated heterocycles. The molecule has 1 amide bonds. The fourth-order valence-corrected chi connectivity index (χ4v) is 5.58. The van der Waals surface area contributed by atoms with Crippen LogP contribution in [0.25, 0.3) is 10.7 Å². The zero-order chi connectivity index (χ0) is 21.2. The van der Waals surface area contributed by atoms with Crippen molar-refractivity contribution in [2.75, 3.05) is 23.3 Å². The number of nitrogens with zero attached hydrogens (tertiary/aromatic N) is 4. The third-order valence-corrected chi connectivity index (χ3v) is 7.75. The van der Waals surface area contributed by atoms with Crippen LogP contribution in [-0.4, -0.2) is 39.0 Å². The molecule has 1 aliphatic carbocycles. The molecule has 6 nitrogen and oxygen atoms in total. The van der Waals surface area contributed by atoms with Gasteiger partial charge in [0.2, 0.25) is 5.91 Å². The van der Waals surface area contributed by atoms with Crippen molar-refractivity contribution in [3.05, 3.63) is 41.8 Å². The maximum atomic E-state index is 12.8. The molecular formula is C23H27N5OS2. The summed E-state index contributed by atoms with van der Waals surface area (Å²) < 4.78 is 2.22. The van der Waals surface area contributed by atoms with E-state index in [2.05, 4.69) is 48.6 Å². The monoisotopic (exact) mass is 453 g/mol. The highest BCUT2D eigenvalue weighted by Gasteiger charge is 2.31. The number of carbonyl (C=O) groups is 1. The van der Waals surface area contributed by atoms with E-state index in [-0.39, 0.29) is 11.2 Å². The first-order valence-electron chi connectivity index (χ1n) is 11.0. The number of hydrogen-bond donors (Lipinski definition) is 1. The Balaban J connectivity index is 1.24. The van der Waals surface area contributed by atoms with E-state index in [1.165, 1.54) is 36.7 Å². The van der Waals surface area contributed by atoms with E-state index < -0.39 is 0 Å². The molecule has 0 unspecified atom stereocenters. The van der Waals surface area contributed by atoms with Crippen molar-refractivity contribution in [1.29, 1.82) is 0 Å². The number of nitrogens with one attached hydrogen (secondary N) is 1. The predicted octanol–water partition coefficient (Wildman–Crippen LogP) is 5.45. The number of hydrogen-bond acceptors (Lipinski definition) is 6. The Kier molecular flexibility index (Phi) is 6.00. The van der Waals surface area contributed by atoms with Crippen LogP contribution in [0.2, 0.25) is 0 Å². The van der Waals surface area contributed by atoms with E-state index in [0.29, 0.717) is 6.04 Å². The largest absolute Gasteiger partial charge is 0.372 e. The summed E-state index contributed by atoms with van der Waals surface area (Å²) in [6.45, 7) is 4.17. The molecule has 2 aliphatic rings. The average Bonchev–Trinajstić information content (AvgIpc) is 3.32. The van der Waals surface area contributed by atoms with Gasteiger partial charge in [0, 0.05) is 30.5 Å². The van der Waals surface area contributed by atoms with Gasteiger partial charge in [-0.05, 0) is 74.7 Å². The maximum absolute atomic E-state index is 12.8. The number of benzene rings is 1. The van der Waals surface area contributed by atoms with Crippen molar-refractivity contribution in [3.8, 4) is 10.7 Å². The summed E-state index contributed by atoms with van der Waals surface area (Å²) in [6.07, 6.45) is 6.13. The number of thiophene rings is 1. The number of aromatic nitrogens is 3. The van der Waals surface area contributed by atoms with Crippen molar-refractivity contribution < 1.29 is 4.79 Å². The van der Waals surface area contributed by atoms with Gasteiger partial charge < -0.3 is 10.2 Å². The van der Waals surface area contributed by atoms with Crippen LogP contribution >= 0.6 is 23.1 Å². The Labute approximate surface area is 191 Å². The average molecular weight is 454 g/mol. The summed E-state index contributed by atoms with van der Waals surface area (Å²) in [7, 11) is 0. The quantitative estimate of drug-likeness (QED) is 0.482. The first-order chi connectivity index (χ1) is 15.2. The van der Waals surface area contributed by atoms with Crippen LogP contribution in [-0.2, 0) is 4.79 Å². The van der Waals surface area contributed by atoms with Gasteiger partial charge in [0.05, 0.1) is 10.1 Å². The molecule has 8 heteroatoms. The highest BCUT2D eigenvalue weighted by molar-refractivity contribution is 8.00. The predicted molar refractivity (Wildman–Crippen MR) is 128 cm³/mol. The summed E-state index contributed by atoms with van der Waals surface area (Å²) in [6, 6.07) is 12.8. The molecule has 1 saturated carbocycles. The number of anilines is 2. The fraction of sp³-hybridized carbons (Fsp3) is 0.435. The minimum atomic E-state index is -0.264. The fourth-order valence-electron chi connectivity index (χ4n) is 3.96. The highest BCUT2D eigenvalue weighted by atomic mass is 32.2. The molecule has 3 heterocycles. The maximum Gasteiger partial charge on any atom is 0.237 e. The highest BCUT2D eigenvalue weighted by Crippen LogP contribution is 2.42. The molecule has 0 bridgehead atoms. The van der Waals surface area contributed by atoms with Crippen LogP contribution < -0.4 is 10.2 Å². The molecular weight excluding hydrogens is 426 g/mol. The van der Waals surface area contributed by atoms with E-state index in [1.807, 2.05) is 25.1 Å². The normalized spacial score (nSPS) is 17.5. The van der Waals surface area contributed by atoms with E-state index in [9.17, 15) is 4.79 Å². The molecule has 3 aromatic rings. The first kappa shape index (κ1) is 20.6. The molecule has 1 atom stereocenters. The van der Waals surface area contributed by atoms with Crippen molar-refractivity contribution in [2.24, 2.45) is 0 Å². The van der Waals surface area contributed by atoms with Crippen LogP contribution in [0.5, 0.6) is 0 Å². The van der Waals surface area contributed by atoms with Crippen LogP contribution in [0.3, 0.4) is 0 Å². The van der Waals surface area contributed by atoms with Crippen LogP contribution in [0, 0.1) is 0 Å². The van der Waals surface area contributed by atoms with Gasteiger partial charge in [-0.3, -0.25) is 9.36 Å². The van der Waals surface area contributed by atoms with Gasteiger partial charge in [0.15, 0.2) is 11.0 Å². The summed E-state index contributed by atoms with van der Waals surface area (Å²) in [4.78, 5) is 16.4. The second kappa shape index (κ2) is 9.04. The lowest BCUT2D eigenvalue weighted by Gasteiger charge is -2.28.